The van der Waals surface area contributed by atoms with Crippen LogP contribution in [0.25, 0.3) is 12.3 Å². The van der Waals surface area contributed by atoms with E-state index in [-0.39, 0.29) is 5.78 Å². The largest absolute Gasteiger partial charge is 0.289 e. The van der Waals surface area contributed by atoms with Crippen LogP contribution in [0.2, 0.25) is 0 Å². The van der Waals surface area contributed by atoms with Crippen molar-refractivity contribution in [3.05, 3.63) is 34.3 Å². The zero-order valence-electron chi connectivity index (χ0n) is 7.14. The van der Waals surface area contributed by atoms with Crippen LogP contribution in [0.3, 0.4) is 0 Å². The van der Waals surface area contributed by atoms with Crippen LogP contribution < -0.4 is 10.6 Å². The standard InChI is InChI=1S/C10H5N3O/c14-9-3-1-2-8-7(9)4-6-5-11-13-10(6)12-8/h1-5H. The first kappa shape index (κ1) is 7.32. The van der Waals surface area contributed by atoms with E-state index >= 15 is 0 Å². The van der Waals surface area contributed by atoms with Crippen molar-refractivity contribution in [3.8, 4) is 0 Å². The summed E-state index contributed by atoms with van der Waals surface area (Å²) in [5.41, 5.74) is 0.620. The summed E-state index contributed by atoms with van der Waals surface area (Å²) < 4.78 is 0. The Labute approximate surface area is 79.0 Å². The fourth-order valence-electron chi connectivity index (χ4n) is 1.49. The summed E-state index contributed by atoms with van der Waals surface area (Å²) in [5, 5.41) is 9.05. The van der Waals surface area contributed by atoms with Gasteiger partial charge in [0.2, 0.25) is 0 Å². The summed E-state index contributed by atoms with van der Waals surface area (Å²) in [7, 11) is 0. The van der Waals surface area contributed by atoms with Gasteiger partial charge >= 0.3 is 0 Å². The summed E-state index contributed by atoms with van der Waals surface area (Å²) in [6.07, 6.45) is 6.62. The van der Waals surface area contributed by atoms with Gasteiger partial charge in [0.05, 0.1) is 11.5 Å². The van der Waals surface area contributed by atoms with E-state index in [1.54, 1.807) is 24.4 Å². The lowest BCUT2D eigenvalue weighted by Crippen LogP contribution is -2.23. The van der Waals surface area contributed by atoms with Crippen molar-refractivity contribution in [1.82, 2.24) is 4.98 Å². The summed E-state index contributed by atoms with van der Waals surface area (Å²) in [5.74, 6) is 0.571. The number of allylic oxidation sites excluding steroid dienone is 2. The molecule has 0 fully saturated rings. The second kappa shape index (κ2) is 2.45. The topological polar surface area (TPSA) is 54.7 Å². The van der Waals surface area contributed by atoms with Crippen molar-refractivity contribution in [2.24, 2.45) is 10.2 Å². The zero-order valence-corrected chi connectivity index (χ0v) is 7.14. The van der Waals surface area contributed by atoms with E-state index in [0.717, 1.165) is 5.22 Å². The van der Waals surface area contributed by atoms with Gasteiger partial charge in [-0.2, -0.15) is 5.11 Å². The van der Waals surface area contributed by atoms with Gasteiger partial charge in [0, 0.05) is 10.8 Å². The van der Waals surface area contributed by atoms with Crippen molar-refractivity contribution < 1.29 is 4.79 Å². The van der Waals surface area contributed by atoms with Gasteiger partial charge in [0.25, 0.3) is 0 Å². The molecule has 0 bridgehead atoms. The van der Waals surface area contributed by atoms with E-state index in [9.17, 15) is 4.79 Å². The average molecular weight is 183 g/mol. The number of azo groups is 1. The van der Waals surface area contributed by atoms with Gasteiger partial charge < -0.3 is 0 Å². The van der Waals surface area contributed by atoms with Crippen LogP contribution in [-0.4, -0.2) is 10.8 Å². The van der Waals surface area contributed by atoms with E-state index < -0.39 is 0 Å². The van der Waals surface area contributed by atoms with E-state index in [1.165, 1.54) is 6.08 Å². The fourth-order valence-corrected chi connectivity index (χ4v) is 1.49. The van der Waals surface area contributed by atoms with Crippen molar-refractivity contribution in [2.75, 3.05) is 0 Å². The van der Waals surface area contributed by atoms with Crippen molar-refractivity contribution in [1.29, 1.82) is 0 Å². The summed E-state index contributed by atoms with van der Waals surface area (Å²) in [6.45, 7) is 0. The third kappa shape index (κ3) is 0.877. The average Bonchev–Trinajstić information content (AvgIpc) is 2.62. The molecule has 2 aliphatic rings. The molecule has 1 aliphatic heterocycles. The quantitative estimate of drug-likeness (QED) is 0.586. The van der Waals surface area contributed by atoms with Crippen molar-refractivity contribution in [3.63, 3.8) is 0 Å². The smallest absolute Gasteiger partial charge is 0.188 e. The predicted octanol–water partition coefficient (Wildman–Crippen LogP) is 0.450. The SMILES string of the molecule is O=C1C=CC=c2nc3c(cc21)=CN=N3. The molecule has 1 aliphatic carbocycles. The highest BCUT2D eigenvalue weighted by molar-refractivity contribution is 6.06. The van der Waals surface area contributed by atoms with Gasteiger partial charge in [-0.1, -0.05) is 6.08 Å². The van der Waals surface area contributed by atoms with Gasteiger partial charge in [-0.05, 0) is 18.2 Å². The maximum Gasteiger partial charge on any atom is 0.188 e. The van der Waals surface area contributed by atoms with Crippen LogP contribution in [0.15, 0.2) is 28.4 Å². The van der Waals surface area contributed by atoms with E-state index in [0.29, 0.717) is 16.7 Å². The number of nitrogens with zero attached hydrogens (tertiary/aromatic N) is 3. The maximum atomic E-state index is 11.5. The number of aromatic nitrogens is 1. The van der Waals surface area contributed by atoms with Crippen LogP contribution >= 0.6 is 0 Å². The zero-order chi connectivity index (χ0) is 9.54. The van der Waals surface area contributed by atoms with Crippen LogP contribution in [0.4, 0.5) is 5.82 Å². The molecule has 0 amide bonds. The highest BCUT2D eigenvalue weighted by atomic mass is 16.1. The van der Waals surface area contributed by atoms with E-state index in [4.69, 9.17) is 0 Å². The molecule has 0 aromatic carbocycles. The molecular formula is C10H5N3O. The lowest BCUT2D eigenvalue weighted by atomic mass is 10.1. The maximum absolute atomic E-state index is 11.5. The summed E-state index contributed by atoms with van der Waals surface area (Å²) >= 11 is 0. The third-order valence-corrected chi connectivity index (χ3v) is 2.18. The first-order chi connectivity index (χ1) is 6.84. The minimum Gasteiger partial charge on any atom is -0.289 e. The van der Waals surface area contributed by atoms with Gasteiger partial charge in [0.1, 0.15) is 0 Å². The Kier molecular flexibility index (Phi) is 1.28. The first-order valence-electron chi connectivity index (χ1n) is 4.19. The van der Waals surface area contributed by atoms with E-state index in [2.05, 4.69) is 15.2 Å². The molecule has 0 atom stereocenters. The molecule has 0 unspecified atom stereocenters. The number of hydrogen-bond acceptors (Lipinski definition) is 4. The third-order valence-electron chi connectivity index (χ3n) is 2.18. The Bertz CT molecular complexity index is 611. The summed E-state index contributed by atoms with van der Waals surface area (Å²) in [6, 6.07) is 1.78. The van der Waals surface area contributed by atoms with Gasteiger partial charge in [-0.15, -0.1) is 5.11 Å². The van der Waals surface area contributed by atoms with E-state index in [1.807, 2.05) is 0 Å². The van der Waals surface area contributed by atoms with Crippen LogP contribution in [-0.2, 0) is 0 Å². The first-order valence-corrected chi connectivity index (χ1v) is 4.19. The molecule has 0 saturated heterocycles. The number of carbonyl (C=O) groups excluding carboxylic acids is 1. The molecule has 0 saturated carbocycles. The molecule has 1 aromatic heterocycles. The second-order valence-electron chi connectivity index (χ2n) is 3.07. The molecule has 14 heavy (non-hydrogen) atoms. The Morgan fingerprint density at radius 1 is 1.29 bits per heavy atom. The van der Waals surface area contributed by atoms with Gasteiger partial charge in [-0.3, -0.25) is 4.79 Å². The molecule has 1 aromatic rings. The molecule has 66 valence electrons. The Hall–Kier alpha value is -2.10. The lowest BCUT2D eigenvalue weighted by molar-refractivity contribution is 0.104. The number of rotatable bonds is 0. The molecule has 4 nitrogen and oxygen atoms in total. The Balaban J connectivity index is 2.45. The number of fused-ring (bicyclic) bond motifs is 2. The van der Waals surface area contributed by atoms with Gasteiger partial charge in [-0.25, -0.2) is 4.98 Å². The van der Waals surface area contributed by atoms with Crippen LogP contribution in [0.5, 0.6) is 0 Å². The molecule has 0 N–H and O–H groups in total. The monoisotopic (exact) mass is 183 g/mol. The minimum absolute atomic E-state index is 0.0156. The van der Waals surface area contributed by atoms with Crippen LogP contribution in [0.1, 0.15) is 10.4 Å². The molecule has 2 heterocycles. The van der Waals surface area contributed by atoms with Crippen molar-refractivity contribution in [2.45, 2.75) is 0 Å². The molecule has 3 rings (SSSR count). The number of ketones is 1. The molecule has 0 spiro atoms. The Morgan fingerprint density at radius 2 is 2.21 bits per heavy atom. The fraction of sp³-hybridized carbons (Fsp3) is 0. The van der Waals surface area contributed by atoms with Crippen molar-refractivity contribution >= 4 is 23.9 Å². The number of carbonyl (C=O) groups is 1. The highest BCUT2D eigenvalue weighted by Crippen LogP contribution is 2.07. The minimum atomic E-state index is -0.0156. The molecular weight excluding hydrogens is 178 g/mol. The van der Waals surface area contributed by atoms with Crippen LogP contribution in [0, 0.1) is 0 Å². The second-order valence-corrected chi connectivity index (χ2v) is 3.07. The molecule has 4 heteroatoms. The summed E-state index contributed by atoms with van der Waals surface area (Å²) in [4.78, 5) is 15.7. The molecule has 0 radical (unpaired) electrons. The highest BCUT2D eigenvalue weighted by Gasteiger charge is 2.11. The normalized spacial score (nSPS) is 15.9. The lowest BCUT2D eigenvalue weighted by Gasteiger charge is -2.01. The predicted molar refractivity (Wildman–Crippen MR) is 50.4 cm³/mol. The number of hydrogen-bond donors (Lipinski definition) is 0. The Morgan fingerprint density at radius 3 is 3.14 bits per heavy atom. The number of pyridine rings is 1. The van der Waals surface area contributed by atoms with Gasteiger partial charge in [0.15, 0.2) is 11.6 Å².